The molecule has 0 spiro atoms. The van der Waals surface area contributed by atoms with Crippen LogP contribution >= 0.6 is 11.3 Å². The van der Waals surface area contributed by atoms with Gasteiger partial charge in [-0.3, -0.25) is 0 Å². The zero-order chi connectivity index (χ0) is 16.9. The number of carbonyl (C=O) groups excluding carboxylic acids is 1. The third kappa shape index (κ3) is 4.26. The van der Waals surface area contributed by atoms with Crippen molar-refractivity contribution < 1.29 is 9.53 Å². The Morgan fingerprint density at radius 2 is 2.04 bits per heavy atom. The molecule has 0 saturated carbocycles. The summed E-state index contributed by atoms with van der Waals surface area (Å²) in [5.74, 6) is 0.998. The Kier molecular flexibility index (Phi) is 5.35. The van der Waals surface area contributed by atoms with Gasteiger partial charge in [-0.1, -0.05) is 12.1 Å². The van der Waals surface area contributed by atoms with Gasteiger partial charge in [-0.15, -0.1) is 11.3 Å². The number of urea groups is 1. The van der Waals surface area contributed by atoms with E-state index >= 15 is 0 Å². The van der Waals surface area contributed by atoms with E-state index in [2.05, 4.69) is 27.8 Å². The lowest BCUT2D eigenvalue weighted by molar-refractivity contribution is 0.241. The van der Waals surface area contributed by atoms with E-state index < -0.39 is 0 Å². The molecule has 3 rings (SSSR count). The average molecular weight is 345 g/mol. The Bertz CT molecular complexity index is 727. The third-order valence-corrected chi connectivity index (χ3v) is 5.22. The highest BCUT2D eigenvalue weighted by Crippen LogP contribution is 2.25. The number of amides is 2. The van der Waals surface area contributed by atoms with Crippen LogP contribution in [-0.2, 0) is 19.3 Å². The zero-order valence-corrected chi connectivity index (χ0v) is 15.0. The number of hydrogen-bond donors (Lipinski definition) is 2. The smallest absolute Gasteiger partial charge is 0.314 e. The van der Waals surface area contributed by atoms with E-state index in [9.17, 15) is 4.79 Å². The maximum atomic E-state index is 11.8. The molecule has 128 valence electrons. The molecule has 2 aromatic rings. The molecular formula is C18H23N3O2S. The predicted molar refractivity (Wildman–Crippen MR) is 96.0 cm³/mol. The second-order valence-electron chi connectivity index (χ2n) is 5.96. The summed E-state index contributed by atoms with van der Waals surface area (Å²) >= 11 is 1.70. The highest BCUT2D eigenvalue weighted by atomic mass is 32.1. The van der Waals surface area contributed by atoms with Crippen LogP contribution in [-0.4, -0.2) is 30.7 Å². The van der Waals surface area contributed by atoms with Crippen LogP contribution in [0.1, 0.15) is 26.7 Å². The van der Waals surface area contributed by atoms with Crippen LogP contribution in [0.4, 0.5) is 4.79 Å². The number of thiazole rings is 1. The van der Waals surface area contributed by atoms with E-state index in [0.717, 1.165) is 42.3 Å². The Morgan fingerprint density at radius 1 is 1.25 bits per heavy atom. The minimum Gasteiger partial charge on any atom is -0.493 e. The molecule has 2 heterocycles. The second-order valence-corrected chi connectivity index (χ2v) is 7.25. The molecule has 2 N–H and O–H groups in total. The van der Waals surface area contributed by atoms with Crippen LogP contribution in [0.5, 0.6) is 5.75 Å². The molecule has 5 nitrogen and oxygen atoms in total. The van der Waals surface area contributed by atoms with Crippen molar-refractivity contribution >= 4 is 17.4 Å². The predicted octanol–water partition coefficient (Wildman–Crippen LogP) is 2.78. The van der Waals surface area contributed by atoms with Crippen molar-refractivity contribution in [2.24, 2.45) is 0 Å². The SMILES string of the molecule is Cc1nc(C)c(CCNC(=O)NCCc2ccc3c(c2)CCO3)s1. The molecule has 1 aliphatic heterocycles. The molecular weight excluding hydrogens is 322 g/mol. The quantitative estimate of drug-likeness (QED) is 0.846. The largest absolute Gasteiger partial charge is 0.493 e. The van der Waals surface area contributed by atoms with Crippen LogP contribution in [0.3, 0.4) is 0 Å². The highest BCUT2D eigenvalue weighted by Gasteiger charge is 2.12. The molecule has 0 saturated heterocycles. The lowest BCUT2D eigenvalue weighted by Gasteiger charge is -2.08. The maximum Gasteiger partial charge on any atom is 0.314 e. The van der Waals surface area contributed by atoms with Gasteiger partial charge in [0.15, 0.2) is 0 Å². The number of rotatable bonds is 6. The fraction of sp³-hybridized carbons (Fsp3) is 0.444. The number of nitrogens with one attached hydrogen (secondary N) is 2. The van der Waals surface area contributed by atoms with Gasteiger partial charge in [0, 0.05) is 30.8 Å². The summed E-state index contributed by atoms with van der Waals surface area (Å²) in [6, 6.07) is 6.16. The molecule has 24 heavy (non-hydrogen) atoms. The molecule has 6 heteroatoms. The first kappa shape index (κ1) is 16.8. The van der Waals surface area contributed by atoms with Gasteiger partial charge in [0.2, 0.25) is 0 Å². The third-order valence-electron chi connectivity index (χ3n) is 4.09. The summed E-state index contributed by atoms with van der Waals surface area (Å²) in [4.78, 5) is 17.5. The number of aromatic nitrogens is 1. The van der Waals surface area contributed by atoms with Crippen LogP contribution in [0.15, 0.2) is 18.2 Å². The van der Waals surface area contributed by atoms with E-state index in [0.29, 0.717) is 13.1 Å². The molecule has 0 unspecified atom stereocenters. The Balaban J connectivity index is 1.36. The lowest BCUT2D eigenvalue weighted by atomic mass is 10.1. The topological polar surface area (TPSA) is 63.2 Å². The number of ether oxygens (including phenoxy) is 1. The van der Waals surface area contributed by atoms with Crippen molar-refractivity contribution in [3.05, 3.63) is 44.9 Å². The summed E-state index contributed by atoms with van der Waals surface area (Å²) in [6.45, 7) is 6.06. The van der Waals surface area contributed by atoms with Gasteiger partial charge in [-0.05, 0) is 37.5 Å². The van der Waals surface area contributed by atoms with Gasteiger partial charge in [-0.25, -0.2) is 9.78 Å². The molecule has 0 atom stereocenters. The first-order valence-electron chi connectivity index (χ1n) is 8.31. The molecule has 1 aliphatic rings. The van der Waals surface area contributed by atoms with Crippen molar-refractivity contribution in [1.29, 1.82) is 0 Å². The fourth-order valence-corrected chi connectivity index (χ4v) is 3.81. The van der Waals surface area contributed by atoms with E-state index in [1.165, 1.54) is 16.0 Å². The Morgan fingerprint density at radius 3 is 2.79 bits per heavy atom. The molecule has 2 amide bonds. The Labute approximate surface area is 146 Å². The summed E-state index contributed by atoms with van der Waals surface area (Å²) < 4.78 is 5.50. The first-order valence-corrected chi connectivity index (χ1v) is 9.12. The van der Waals surface area contributed by atoms with Gasteiger partial charge < -0.3 is 15.4 Å². The monoisotopic (exact) mass is 345 g/mol. The summed E-state index contributed by atoms with van der Waals surface area (Å²) in [5.41, 5.74) is 3.57. The van der Waals surface area contributed by atoms with E-state index in [4.69, 9.17) is 4.74 Å². The van der Waals surface area contributed by atoms with E-state index in [-0.39, 0.29) is 6.03 Å². The average Bonchev–Trinajstić information content (AvgIpc) is 3.13. The molecule has 1 aromatic heterocycles. The number of hydrogen-bond acceptors (Lipinski definition) is 4. The zero-order valence-electron chi connectivity index (χ0n) is 14.1. The summed E-state index contributed by atoms with van der Waals surface area (Å²) in [6.07, 6.45) is 2.64. The summed E-state index contributed by atoms with van der Waals surface area (Å²) in [7, 11) is 0. The molecule has 0 bridgehead atoms. The van der Waals surface area contributed by atoms with Crippen molar-refractivity contribution in [1.82, 2.24) is 15.6 Å². The van der Waals surface area contributed by atoms with Gasteiger partial charge in [0.1, 0.15) is 5.75 Å². The number of carbonyl (C=O) groups is 1. The van der Waals surface area contributed by atoms with Gasteiger partial charge in [-0.2, -0.15) is 0 Å². The number of fused-ring (bicyclic) bond motifs is 1. The minimum atomic E-state index is -0.113. The number of aryl methyl sites for hydroxylation is 2. The van der Waals surface area contributed by atoms with Crippen molar-refractivity contribution in [2.45, 2.75) is 33.1 Å². The lowest BCUT2D eigenvalue weighted by Crippen LogP contribution is -2.37. The number of benzene rings is 1. The fourth-order valence-electron chi connectivity index (χ4n) is 2.87. The molecule has 0 fully saturated rings. The Hall–Kier alpha value is -2.08. The van der Waals surface area contributed by atoms with Crippen molar-refractivity contribution in [3.63, 3.8) is 0 Å². The normalized spacial score (nSPS) is 12.6. The standard InChI is InChI=1S/C18H23N3O2S/c1-12-17(24-13(2)21-12)6-9-20-18(22)19-8-5-14-3-4-16-15(11-14)7-10-23-16/h3-4,11H,5-10H2,1-2H3,(H2,19,20,22). The van der Waals surface area contributed by atoms with Crippen LogP contribution < -0.4 is 15.4 Å². The maximum absolute atomic E-state index is 11.8. The molecule has 0 aliphatic carbocycles. The first-order chi connectivity index (χ1) is 11.6. The minimum absolute atomic E-state index is 0.113. The van der Waals surface area contributed by atoms with E-state index in [1.54, 1.807) is 11.3 Å². The van der Waals surface area contributed by atoms with Gasteiger partial charge >= 0.3 is 6.03 Å². The molecule has 0 radical (unpaired) electrons. The highest BCUT2D eigenvalue weighted by molar-refractivity contribution is 7.11. The van der Waals surface area contributed by atoms with Crippen LogP contribution in [0.25, 0.3) is 0 Å². The second kappa shape index (κ2) is 7.66. The van der Waals surface area contributed by atoms with Crippen LogP contribution in [0.2, 0.25) is 0 Å². The van der Waals surface area contributed by atoms with Crippen LogP contribution in [0, 0.1) is 13.8 Å². The van der Waals surface area contributed by atoms with Crippen molar-refractivity contribution in [3.8, 4) is 5.75 Å². The molecule has 1 aromatic carbocycles. The van der Waals surface area contributed by atoms with Gasteiger partial charge in [0.05, 0.1) is 17.3 Å². The van der Waals surface area contributed by atoms with E-state index in [1.807, 2.05) is 19.9 Å². The van der Waals surface area contributed by atoms with Crippen molar-refractivity contribution in [2.75, 3.05) is 19.7 Å². The van der Waals surface area contributed by atoms with Gasteiger partial charge in [0.25, 0.3) is 0 Å². The summed E-state index contributed by atoms with van der Waals surface area (Å²) in [5, 5.41) is 6.89. The number of nitrogens with zero attached hydrogens (tertiary/aromatic N) is 1.